The van der Waals surface area contributed by atoms with Gasteiger partial charge in [0.1, 0.15) is 0 Å². The lowest BCUT2D eigenvalue weighted by molar-refractivity contribution is -0.273. The Morgan fingerprint density at radius 3 is 1.35 bits per heavy atom. The van der Waals surface area contributed by atoms with E-state index in [0.717, 1.165) is 64.2 Å². The number of carboxylic acids is 1. The van der Waals surface area contributed by atoms with Gasteiger partial charge in [-0.25, -0.2) is 17.6 Å². The summed E-state index contributed by atoms with van der Waals surface area (Å²) in [6.07, 6.45) is 12.6. The molecule has 0 bridgehead atoms. The summed E-state index contributed by atoms with van der Waals surface area (Å²) < 4.78 is 62.7. The van der Waals surface area contributed by atoms with Gasteiger partial charge in [0.2, 0.25) is 5.91 Å². The van der Waals surface area contributed by atoms with Gasteiger partial charge in [0, 0.05) is 41.4 Å². The van der Waals surface area contributed by atoms with Gasteiger partial charge in [0.25, 0.3) is 11.8 Å². The molecule has 66 heavy (non-hydrogen) atoms. The lowest BCUT2D eigenvalue weighted by Crippen LogP contribution is -2.66. The highest BCUT2D eigenvalue weighted by atomic mass is 19.3. The fourth-order valence-electron chi connectivity index (χ4n) is 19.6. The number of hydrogen-bond acceptors (Lipinski definition) is 4. The average Bonchev–Trinajstić information content (AvgIpc) is 3.80. The first-order chi connectivity index (χ1) is 30.8. The Labute approximate surface area is 394 Å². The third-order valence-corrected chi connectivity index (χ3v) is 22.9. The molecule has 8 aliphatic rings. The fraction of sp³-hybridized carbons (Fsp3) is 0.963. The third-order valence-electron chi connectivity index (χ3n) is 22.9. The predicted octanol–water partition coefficient (Wildman–Crippen LogP) is 14.0. The Kier molecular flexibility index (Phi) is 14.7. The Hall–Kier alpha value is -1.91. The maximum absolute atomic E-state index is 15.7. The maximum atomic E-state index is 15.7. The van der Waals surface area contributed by atoms with Gasteiger partial charge in [-0.1, -0.05) is 82.1 Å². The number of carboxylic acid groups (broad SMARTS) is 1. The number of aliphatic hydroxyl groups is 2. The van der Waals surface area contributed by atoms with Crippen molar-refractivity contribution in [2.75, 3.05) is 0 Å². The molecule has 0 spiro atoms. The number of carbonyl (C=O) groups excluding carboxylic acids is 1. The standard InChI is InChI=1S/C27H43F2N3O2.C27H44F2O3/c1-6-17-23(34)22-19-9-8-18(15(2)7-10-21(33)31-32-30)25(19,4)14-12-20(22)26(5)13-11-16(3)27(28,29)24(17)26;1-6-17-23(32)22-19-9-8-18(15(2)7-10-21(30)31)25(19,4)14-12-20(22)26(5)13-11-16(3)27(28,29)24(17)26/h15-20,22-24,34H,6-14H2,1-5H3;15-20,22-24,32H,6-14H2,1-5H3,(H,30,31)/t2*15-,16-,17+,18?,19?,20?,22?,23-,24+,25-,26-/m11/s1. The van der Waals surface area contributed by atoms with Crippen LogP contribution >= 0.6 is 0 Å². The summed E-state index contributed by atoms with van der Waals surface area (Å²) in [5.74, 6) is -7.27. The van der Waals surface area contributed by atoms with Gasteiger partial charge in [-0.05, 0) is 193 Å². The Morgan fingerprint density at radius 2 is 0.985 bits per heavy atom. The largest absolute Gasteiger partial charge is 0.481 e. The zero-order chi connectivity index (χ0) is 48.7. The molecule has 22 atom stereocenters. The minimum Gasteiger partial charge on any atom is -0.481 e. The fourth-order valence-corrected chi connectivity index (χ4v) is 19.6. The Balaban J connectivity index is 0.000000197. The summed E-state index contributed by atoms with van der Waals surface area (Å²) in [7, 11) is 0. The zero-order valence-electron chi connectivity index (χ0n) is 42.1. The molecule has 12 heteroatoms. The summed E-state index contributed by atoms with van der Waals surface area (Å²) in [4.78, 5) is 25.5. The molecule has 3 N–H and O–H groups in total. The number of hydrogen-bond donors (Lipinski definition) is 3. The van der Waals surface area contributed by atoms with Crippen LogP contribution in [0.15, 0.2) is 5.11 Å². The van der Waals surface area contributed by atoms with Gasteiger partial charge in [0.05, 0.1) is 12.2 Å². The molecule has 0 radical (unpaired) electrons. The monoisotopic (exact) mass is 934 g/mol. The second-order valence-corrected chi connectivity index (χ2v) is 25.4. The van der Waals surface area contributed by atoms with Crippen LogP contribution in [0.25, 0.3) is 10.4 Å². The molecule has 0 aromatic heterocycles. The third kappa shape index (κ3) is 8.10. The van der Waals surface area contributed by atoms with Crippen LogP contribution in [0.2, 0.25) is 0 Å². The quantitative estimate of drug-likeness (QED) is 0.0865. The number of rotatable bonds is 10. The van der Waals surface area contributed by atoms with Crippen molar-refractivity contribution in [1.29, 1.82) is 0 Å². The highest BCUT2D eigenvalue weighted by molar-refractivity contribution is 5.76. The number of alkyl halides is 4. The summed E-state index contributed by atoms with van der Waals surface area (Å²) in [6.45, 7) is 20.7. The van der Waals surface area contributed by atoms with Crippen LogP contribution in [-0.4, -0.2) is 51.2 Å². The Morgan fingerprint density at radius 1 is 0.621 bits per heavy atom. The van der Waals surface area contributed by atoms with Crippen molar-refractivity contribution in [1.82, 2.24) is 0 Å². The predicted molar refractivity (Wildman–Crippen MR) is 249 cm³/mol. The molecule has 8 nitrogen and oxygen atoms in total. The lowest BCUT2D eigenvalue weighted by atomic mass is 9.40. The summed E-state index contributed by atoms with van der Waals surface area (Å²) in [6, 6.07) is 0. The molecule has 1 amide bonds. The highest BCUT2D eigenvalue weighted by Crippen LogP contribution is 2.74. The van der Waals surface area contributed by atoms with E-state index >= 15 is 17.6 Å². The van der Waals surface area contributed by atoms with E-state index in [1.54, 1.807) is 13.8 Å². The van der Waals surface area contributed by atoms with Crippen LogP contribution in [0.3, 0.4) is 0 Å². The van der Waals surface area contributed by atoms with Crippen LogP contribution in [0.1, 0.15) is 185 Å². The van der Waals surface area contributed by atoms with E-state index in [4.69, 9.17) is 10.6 Å². The molecule has 8 saturated carbocycles. The molecule has 0 saturated heterocycles. The molecule has 8 unspecified atom stereocenters. The zero-order valence-corrected chi connectivity index (χ0v) is 42.1. The molecular formula is C54H87F4N3O5. The van der Waals surface area contributed by atoms with Gasteiger partial charge in [-0.3, -0.25) is 9.59 Å². The van der Waals surface area contributed by atoms with Crippen molar-refractivity contribution in [3.05, 3.63) is 10.4 Å². The number of nitrogens with zero attached hydrogens (tertiary/aromatic N) is 3. The second-order valence-electron chi connectivity index (χ2n) is 25.4. The van der Waals surface area contributed by atoms with Crippen molar-refractivity contribution in [3.8, 4) is 0 Å². The van der Waals surface area contributed by atoms with E-state index in [-0.39, 0.29) is 59.2 Å². The second kappa shape index (κ2) is 18.7. The van der Waals surface area contributed by atoms with Gasteiger partial charge in [-0.2, -0.15) is 0 Å². The Bertz CT molecular complexity index is 1830. The molecular weight excluding hydrogens is 847 g/mol. The highest BCUT2D eigenvalue weighted by Gasteiger charge is 2.72. The molecule has 8 rings (SSSR count). The number of halogens is 4. The lowest BCUT2D eigenvalue weighted by Gasteiger charge is -2.66. The van der Waals surface area contributed by atoms with Crippen molar-refractivity contribution in [2.45, 2.75) is 209 Å². The number of amides is 1. The minimum absolute atomic E-state index is 0.0507. The first-order valence-electron chi connectivity index (χ1n) is 26.7. The smallest absolute Gasteiger partial charge is 0.303 e. The number of fused-ring (bicyclic) bond motifs is 10. The van der Waals surface area contributed by atoms with Gasteiger partial charge < -0.3 is 15.3 Å². The SMILES string of the molecule is CC[C@@H]1[C@@H]2C(F)(F)[C@H](C)CC[C@]2(C)C2CC[C@@]3(C)C(CCC3[C@H](C)CCC(=O)N=[N+]=[N-])C2[C@@H]1O.CC[C@@H]1[C@@H]2C(F)(F)[C@H](C)CC[C@]2(C)C2CC[C@@]3(C)C(CCC3[C@H](C)CCC(=O)O)C2[C@@H]1O. The molecule has 376 valence electrons. The normalized spacial score (nSPS) is 49.4. The van der Waals surface area contributed by atoms with Gasteiger partial charge >= 0.3 is 5.97 Å². The number of aliphatic hydroxyl groups excluding tert-OH is 2. The minimum atomic E-state index is -2.73. The molecule has 0 aromatic carbocycles. The van der Waals surface area contributed by atoms with E-state index in [1.165, 1.54) is 0 Å². The molecule has 0 aliphatic heterocycles. The van der Waals surface area contributed by atoms with Crippen molar-refractivity contribution in [3.63, 3.8) is 0 Å². The number of azide groups is 1. The topological polar surface area (TPSA) is 144 Å². The van der Waals surface area contributed by atoms with Gasteiger partial charge in [0.15, 0.2) is 0 Å². The van der Waals surface area contributed by atoms with Crippen molar-refractivity contribution >= 4 is 11.9 Å². The number of carbonyl (C=O) groups is 2. The average molecular weight is 934 g/mol. The van der Waals surface area contributed by atoms with E-state index in [0.29, 0.717) is 74.0 Å². The number of aliphatic carboxylic acids is 1. The van der Waals surface area contributed by atoms with E-state index < -0.39 is 70.4 Å². The first kappa shape index (κ1) is 51.9. The van der Waals surface area contributed by atoms with Crippen LogP contribution in [0.4, 0.5) is 17.6 Å². The van der Waals surface area contributed by atoms with Crippen molar-refractivity contribution in [2.24, 2.45) is 121 Å². The molecule has 8 fully saturated rings. The van der Waals surface area contributed by atoms with Gasteiger partial charge in [-0.15, -0.1) is 0 Å². The van der Waals surface area contributed by atoms with Crippen LogP contribution in [0, 0.1) is 116 Å². The molecule has 0 aromatic rings. The van der Waals surface area contributed by atoms with E-state index in [2.05, 4.69) is 51.6 Å². The summed E-state index contributed by atoms with van der Waals surface area (Å²) in [5, 5.41) is 35.8. The summed E-state index contributed by atoms with van der Waals surface area (Å²) in [5.41, 5.74) is 7.80. The van der Waals surface area contributed by atoms with Crippen molar-refractivity contribution < 1.29 is 42.5 Å². The van der Waals surface area contributed by atoms with E-state index in [1.807, 2.05) is 13.8 Å². The maximum Gasteiger partial charge on any atom is 0.303 e. The first-order valence-corrected chi connectivity index (χ1v) is 26.7. The van der Waals surface area contributed by atoms with Crippen LogP contribution in [0.5, 0.6) is 0 Å². The molecule has 0 heterocycles. The summed E-state index contributed by atoms with van der Waals surface area (Å²) >= 11 is 0. The van der Waals surface area contributed by atoms with Crippen LogP contribution in [-0.2, 0) is 9.59 Å². The molecule has 8 aliphatic carbocycles. The van der Waals surface area contributed by atoms with E-state index in [9.17, 15) is 19.8 Å². The van der Waals surface area contributed by atoms with Crippen LogP contribution < -0.4 is 0 Å².